The fourth-order valence-corrected chi connectivity index (χ4v) is 1.60. The SMILES string of the molecule is Cc1onc(-c2ccc(Br)cc2)c1C=O. The molecule has 0 aliphatic heterocycles. The van der Waals surface area contributed by atoms with Gasteiger partial charge in [0, 0.05) is 10.0 Å². The van der Waals surface area contributed by atoms with Crippen molar-refractivity contribution in [3.05, 3.63) is 40.1 Å². The molecule has 1 heterocycles. The van der Waals surface area contributed by atoms with Crippen LogP contribution in [-0.2, 0) is 0 Å². The third-order valence-electron chi connectivity index (χ3n) is 2.14. The maximum atomic E-state index is 10.8. The highest BCUT2D eigenvalue weighted by atomic mass is 79.9. The lowest BCUT2D eigenvalue weighted by atomic mass is 10.1. The fraction of sp³-hybridized carbons (Fsp3) is 0.0909. The molecule has 0 saturated heterocycles. The van der Waals surface area contributed by atoms with Gasteiger partial charge < -0.3 is 4.52 Å². The average Bonchev–Trinajstić information content (AvgIpc) is 2.61. The Morgan fingerprint density at radius 1 is 1.33 bits per heavy atom. The molecule has 3 nitrogen and oxygen atoms in total. The second-order valence-corrected chi connectivity index (χ2v) is 4.04. The lowest BCUT2D eigenvalue weighted by molar-refractivity contribution is 0.112. The van der Waals surface area contributed by atoms with Crippen molar-refractivity contribution in [2.45, 2.75) is 6.92 Å². The van der Waals surface area contributed by atoms with Crippen LogP contribution in [0.5, 0.6) is 0 Å². The second-order valence-electron chi connectivity index (χ2n) is 3.13. The van der Waals surface area contributed by atoms with Crippen molar-refractivity contribution in [3.63, 3.8) is 0 Å². The van der Waals surface area contributed by atoms with Gasteiger partial charge in [-0.25, -0.2) is 0 Å². The van der Waals surface area contributed by atoms with Crippen LogP contribution in [0.4, 0.5) is 0 Å². The van der Waals surface area contributed by atoms with Crippen molar-refractivity contribution in [2.75, 3.05) is 0 Å². The Bertz CT molecular complexity index is 488. The van der Waals surface area contributed by atoms with E-state index in [0.29, 0.717) is 17.0 Å². The van der Waals surface area contributed by atoms with Crippen molar-refractivity contribution < 1.29 is 9.32 Å². The van der Waals surface area contributed by atoms with Gasteiger partial charge in [-0.05, 0) is 19.1 Å². The van der Waals surface area contributed by atoms with Crippen LogP contribution in [0.15, 0.2) is 33.3 Å². The number of carbonyl (C=O) groups is 1. The number of halogens is 1. The molecule has 1 aromatic carbocycles. The minimum absolute atomic E-state index is 0.511. The summed E-state index contributed by atoms with van der Waals surface area (Å²) < 4.78 is 5.96. The number of nitrogens with zero attached hydrogens (tertiary/aromatic N) is 1. The minimum Gasteiger partial charge on any atom is -0.360 e. The van der Waals surface area contributed by atoms with Gasteiger partial charge in [0.05, 0.1) is 5.56 Å². The molecule has 76 valence electrons. The largest absolute Gasteiger partial charge is 0.360 e. The third kappa shape index (κ3) is 1.85. The number of hydrogen-bond acceptors (Lipinski definition) is 3. The van der Waals surface area contributed by atoms with E-state index in [1.165, 1.54) is 0 Å². The van der Waals surface area contributed by atoms with Crippen LogP contribution in [0, 0.1) is 6.92 Å². The molecular formula is C11H8BrNO2. The average molecular weight is 266 g/mol. The number of hydrogen-bond donors (Lipinski definition) is 0. The van der Waals surface area contributed by atoms with E-state index in [4.69, 9.17) is 4.52 Å². The van der Waals surface area contributed by atoms with Crippen molar-refractivity contribution in [1.29, 1.82) is 0 Å². The molecule has 0 fully saturated rings. The predicted octanol–water partition coefficient (Wildman–Crippen LogP) is 3.23. The molecule has 0 spiro atoms. The predicted molar refractivity (Wildman–Crippen MR) is 59.8 cm³/mol. The second kappa shape index (κ2) is 3.98. The summed E-state index contributed by atoms with van der Waals surface area (Å²) in [5, 5.41) is 3.86. The highest BCUT2D eigenvalue weighted by Gasteiger charge is 2.13. The molecule has 0 saturated carbocycles. The van der Waals surface area contributed by atoms with E-state index in [-0.39, 0.29) is 0 Å². The molecule has 0 radical (unpaired) electrons. The number of rotatable bonds is 2. The van der Waals surface area contributed by atoms with Crippen molar-refractivity contribution in [3.8, 4) is 11.3 Å². The Morgan fingerprint density at radius 2 is 2.00 bits per heavy atom. The summed E-state index contributed by atoms with van der Waals surface area (Å²) in [6.07, 6.45) is 0.767. The molecule has 15 heavy (non-hydrogen) atoms. The first kappa shape index (κ1) is 10.1. The van der Waals surface area contributed by atoms with E-state index < -0.39 is 0 Å². The Hall–Kier alpha value is -1.42. The van der Waals surface area contributed by atoms with Gasteiger partial charge in [-0.1, -0.05) is 33.2 Å². The number of benzene rings is 1. The molecule has 0 unspecified atom stereocenters. The maximum Gasteiger partial charge on any atom is 0.155 e. The topological polar surface area (TPSA) is 43.1 Å². The van der Waals surface area contributed by atoms with Gasteiger partial charge in [-0.2, -0.15) is 0 Å². The summed E-state index contributed by atoms with van der Waals surface area (Å²) in [6.45, 7) is 1.72. The summed E-state index contributed by atoms with van der Waals surface area (Å²) in [6, 6.07) is 7.56. The molecule has 4 heteroatoms. The zero-order valence-electron chi connectivity index (χ0n) is 8.03. The van der Waals surface area contributed by atoms with E-state index in [0.717, 1.165) is 16.3 Å². The fourth-order valence-electron chi connectivity index (χ4n) is 1.33. The molecule has 2 aromatic rings. The maximum absolute atomic E-state index is 10.8. The van der Waals surface area contributed by atoms with E-state index in [9.17, 15) is 4.79 Å². The van der Waals surface area contributed by atoms with Gasteiger partial charge in [0.2, 0.25) is 0 Å². The zero-order valence-corrected chi connectivity index (χ0v) is 9.61. The Morgan fingerprint density at radius 3 is 2.60 bits per heavy atom. The smallest absolute Gasteiger partial charge is 0.155 e. The lowest BCUT2D eigenvalue weighted by Crippen LogP contribution is -1.85. The van der Waals surface area contributed by atoms with Crippen molar-refractivity contribution >= 4 is 22.2 Å². The standard InChI is InChI=1S/C11H8BrNO2/c1-7-10(6-14)11(13-15-7)8-2-4-9(12)5-3-8/h2-6H,1H3. The number of aryl methyl sites for hydroxylation is 1. The van der Waals surface area contributed by atoms with Gasteiger partial charge >= 0.3 is 0 Å². The van der Waals surface area contributed by atoms with Gasteiger partial charge in [-0.3, -0.25) is 4.79 Å². The zero-order chi connectivity index (χ0) is 10.8. The van der Waals surface area contributed by atoms with Crippen LogP contribution in [0.25, 0.3) is 11.3 Å². The van der Waals surface area contributed by atoms with Crippen LogP contribution < -0.4 is 0 Å². The normalized spacial score (nSPS) is 10.3. The molecule has 0 N–H and O–H groups in total. The number of carbonyl (C=O) groups excluding carboxylic acids is 1. The van der Waals surface area contributed by atoms with E-state index in [1.807, 2.05) is 24.3 Å². The summed E-state index contributed by atoms with van der Waals surface area (Å²) >= 11 is 3.35. The van der Waals surface area contributed by atoms with Crippen LogP contribution in [0.3, 0.4) is 0 Å². The summed E-state index contributed by atoms with van der Waals surface area (Å²) in [5.41, 5.74) is 1.98. The molecule has 0 aliphatic rings. The monoisotopic (exact) mass is 265 g/mol. The van der Waals surface area contributed by atoms with Crippen molar-refractivity contribution in [2.24, 2.45) is 0 Å². The molecule has 0 bridgehead atoms. The first-order valence-electron chi connectivity index (χ1n) is 4.40. The van der Waals surface area contributed by atoms with Gasteiger partial charge in [-0.15, -0.1) is 0 Å². The van der Waals surface area contributed by atoms with Gasteiger partial charge in [0.1, 0.15) is 11.5 Å². The first-order valence-corrected chi connectivity index (χ1v) is 5.19. The van der Waals surface area contributed by atoms with Gasteiger partial charge in [0.25, 0.3) is 0 Å². The van der Waals surface area contributed by atoms with Crippen LogP contribution in [0.2, 0.25) is 0 Å². The summed E-state index contributed by atoms with van der Waals surface area (Å²) in [5.74, 6) is 0.544. The van der Waals surface area contributed by atoms with Crippen LogP contribution >= 0.6 is 15.9 Å². The quantitative estimate of drug-likeness (QED) is 0.784. The Balaban J connectivity index is 2.53. The lowest BCUT2D eigenvalue weighted by Gasteiger charge is -1.96. The molecule has 0 aliphatic carbocycles. The van der Waals surface area contributed by atoms with Crippen LogP contribution in [0.1, 0.15) is 16.1 Å². The molecule has 0 atom stereocenters. The molecule has 1 aromatic heterocycles. The van der Waals surface area contributed by atoms with E-state index in [2.05, 4.69) is 21.1 Å². The highest BCUT2D eigenvalue weighted by Crippen LogP contribution is 2.24. The minimum atomic E-state index is 0.511. The van der Waals surface area contributed by atoms with Crippen molar-refractivity contribution in [1.82, 2.24) is 5.16 Å². The molecule has 0 amide bonds. The van der Waals surface area contributed by atoms with Gasteiger partial charge in [0.15, 0.2) is 6.29 Å². The van der Waals surface area contributed by atoms with E-state index in [1.54, 1.807) is 6.92 Å². The highest BCUT2D eigenvalue weighted by molar-refractivity contribution is 9.10. The number of aldehydes is 1. The summed E-state index contributed by atoms with van der Waals surface area (Å²) in [4.78, 5) is 10.8. The first-order chi connectivity index (χ1) is 7.22. The Kier molecular flexibility index (Phi) is 2.68. The Labute approximate surface area is 95.2 Å². The van der Waals surface area contributed by atoms with Crippen LogP contribution in [-0.4, -0.2) is 11.4 Å². The number of aromatic nitrogens is 1. The summed E-state index contributed by atoms with van der Waals surface area (Å²) in [7, 11) is 0. The molecular weight excluding hydrogens is 258 g/mol. The third-order valence-corrected chi connectivity index (χ3v) is 2.67. The molecule has 2 rings (SSSR count). The van der Waals surface area contributed by atoms with E-state index >= 15 is 0 Å².